The van der Waals surface area contributed by atoms with Crippen molar-refractivity contribution in [3.8, 4) is 0 Å². The third-order valence-electron chi connectivity index (χ3n) is 1.72. The SMILES string of the molecule is O=C(O)C(=O)C=Cc1cccc([N+](=O)[O-])c1. The van der Waals surface area contributed by atoms with Gasteiger partial charge in [-0.3, -0.25) is 14.9 Å². The first-order valence-electron chi connectivity index (χ1n) is 4.20. The van der Waals surface area contributed by atoms with Crippen molar-refractivity contribution >= 4 is 23.5 Å². The molecule has 0 bridgehead atoms. The van der Waals surface area contributed by atoms with Crippen molar-refractivity contribution in [2.24, 2.45) is 0 Å². The molecule has 0 aliphatic heterocycles. The van der Waals surface area contributed by atoms with Gasteiger partial charge in [-0.25, -0.2) is 4.79 Å². The van der Waals surface area contributed by atoms with Crippen molar-refractivity contribution in [1.29, 1.82) is 0 Å². The molecule has 1 aromatic carbocycles. The summed E-state index contributed by atoms with van der Waals surface area (Å²) in [6.45, 7) is 0. The number of hydrogen-bond donors (Lipinski definition) is 1. The summed E-state index contributed by atoms with van der Waals surface area (Å²) in [7, 11) is 0. The first-order valence-corrected chi connectivity index (χ1v) is 4.20. The van der Waals surface area contributed by atoms with Gasteiger partial charge in [-0.1, -0.05) is 18.2 Å². The first kappa shape index (κ1) is 11.6. The summed E-state index contributed by atoms with van der Waals surface area (Å²) in [4.78, 5) is 30.7. The van der Waals surface area contributed by atoms with Gasteiger partial charge in [0.05, 0.1) is 4.92 Å². The van der Waals surface area contributed by atoms with Crippen molar-refractivity contribution in [1.82, 2.24) is 0 Å². The van der Waals surface area contributed by atoms with Crippen LogP contribution < -0.4 is 0 Å². The summed E-state index contributed by atoms with van der Waals surface area (Å²) >= 11 is 0. The van der Waals surface area contributed by atoms with E-state index in [-0.39, 0.29) is 5.69 Å². The number of non-ortho nitro benzene ring substituents is 1. The maximum Gasteiger partial charge on any atom is 0.376 e. The molecule has 0 heterocycles. The van der Waals surface area contributed by atoms with Crippen LogP contribution in [0.3, 0.4) is 0 Å². The molecule has 0 radical (unpaired) electrons. The molecule has 0 spiro atoms. The van der Waals surface area contributed by atoms with Gasteiger partial charge < -0.3 is 5.11 Å². The minimum atomic E-state index is -1.57. The van der Waals surface area contributed by atoms with Crippen LogP contribution in [0.5, 0.6) is 0 Å². The number of nitrogens with zero attached hydrogens (tertiary/aromatic N) is 1. The summed E-state index contributed by atoms with van der Waals surface area (Å²) in [5.41, 5.74) is 0.272. The quantitative estimate of drug-likeness (QED) is 0.357. The zero-order valence-corrected chi connectivity index (χ0v) is 7.99. The van der Waals surface area contributed by atoms with E-state index in [0.29, 0.717) is 5.56 Å². The molecule has 0 atom stereocenters. The smallest absolute Gasteiger partial charge is 0.376 e. The second-order valence-electron chi connectivity index (χ2n) is 2.85. The number of carbonyl (C=O) groups excluding carboxylic acids is 1. The summed E-state index contributed by atoms with van der Waals surface area (Å²) in [5, 5.41) is 18.7. The molecule has 82 valence electrons. The number of hydrogen-bond acceptors (Lipinski definition) is 4. The van der Waals surface area contributed by atoms with Crippen LogP contribution >= 0.6 is 0 Å². The minimum absolute atomic E-state index is 0.120. The fraction of sp³-hybridized carbons (Fsp3) is 0. The highest BCUT2D eigenvalue weighted by molar-refractivity contribution is 6.38. The van der Waals surface area contributed by atoms with E-state index in [1.165, 1.54) is 30.3 Å². The van der Waals surface area contributed by atoms with Gasteiger partial charge in [0.1, 0.15) is 0 Å². The maximum absolute atomic E-state index is 10.7. The maximum atomic E-state index is 10.7. The second-order valence-corrected chi connectivity index (χ2v) is 2.85. The summed E-state index contributed by atoms with van der Waals surface area (Å²) in [5.74, 6) is -2.65. The monoisotopic (exact) mass is 221 g/mol. The molecule has 0 fully saturated rings. The van der Waals surface area contributed by atoms with Gasteiger partial charge >= 0.3 is 5.97 Å². The normalized spacial score (nSPS) is 10.2. The molecular weight excluding hydrogens is 214 g/mol. The van der Waals surface area contributed by atoms with Gasteiger partial charge in [0.2, 0.25) is 0 Å². The molecule has 1 rings (SSSR count). The highest BCUT2D eigenvalue weighted by Crippen LogP contribution is 2.13. The Morgan fingerprint density at radius 3 is 2.62 bits per heavy atom. The molecule has 16 heavy (non-hydrogen) atoms. The Labute approximate surface area is 90.0 Å². The molecule has 0 saturated carbocycles. The van der Waals surface area contributed by atoms with Crippen LogP contribution in [-0.4, -0.2) is 21.8 Å². The first-order chi connectivity index (χ1) is 7.50. The zero-order chi connectivity index (χ0) is 12.1. The Morgan fingerprint density at radius 2 is 2.06 bits per heavy atom. The molecule has 6 heteroatoms. The average molecular weight is 221 g/mol. The van der Waals surface area contributed by atoms with Gasteiger partial charge in [-0.2, -0.15) is 0 Å². The number of ketones is 1. The molecule has 0 unspecified atom stereocenters. The molecular formula is C10H7NO5. The fourth-order valence-electron chi connectivity index (χ4n) is 0.985. The lowest BCUT2D eigenvalue weighted by Gasteiger charge is -1.93. The molecule has 1 aromatic rings. The largest absolute Gasteiger partial charge is 0.475 e. The Balaban J connectivity index is 2.90. The van der Waals surface area contributed by atoms with Crippen LogP contribution in [0.25, 0.3) is 6.08 Å². The van der Waals surface area contributed by atoms with Crippen molar-refractivity contribution in [3.05, 3.63) is 46.0 Å². The minimum Gasteiger partial charge on any atom is -0.475 e. The van der Waals surface area contributed by atoms with E-state index in [9.17, 15) is 19.7 Å². The van der Waals surface area contributed by atoms with Crippen molar-refractivity contribution in [3.63, 3.8) is 0 Å². The number of benzene rings is 1. The van der Waals surface area contributed by atoms with Gasteiger partial charge in [0.25, 0.3) is 11.5 Å². The van der Waals surface area contributed by atoms with Gasteiger partial charge in [0, 0.05) is 12.1 Å². The number of rotatable bonds is 4. The number of carbonyl (C=O) groups is 2. The highest BCUT2D eigenvalue weighted by Gasteiger charge is 2.07. The summed E-state index contributed by atoms with van der Waals surface area (Å²) in [6, 6.07) is 5.52. The van der Waals surface area contributed by atoms with Gasteiger partial charge in [-0.05, 0) is 11.6 Å². The summed E-state index contributed by atoms with van der Waals surface area (Å²) < 4.78 is 0. The number of aliphatic carboxylic acids is 1. The van der Waals surface area contributed by atoms with E-state index in [2.05, 4.69) is 0 Å². The van der Waals surface area contributed by atoms with Crippen LogP contribution in [0.4, 0.5) is 5.69 Å². The molecule has 0 aliphatic carbocycles. The second kappa shape index (κ2) is 4.83. The predicted octanol–water partition coefficient (Wildman–Crippen LogP) is 1.26. The third-order valence-corrected chi connectivity index (χ3v) is 1.72. The van der Waals surface area contributed by atoms with Crippen LogP contribution in [-0.2, 0) is 9.59 Å². The summed E-state index contributed by atoms with van der Waals surface area (Å²) in [6.07, 6.45) is 2.06. The topological polar surface area (TPSA) is 97.5 Å². The van der Waals surface area contributed by atoms with Gasteiger partial charge in [-0.15, -0.1) is 0 Å². The lowest BCUT2D eigenvalue weighted by Crippen LogP contribution is -2.08. The number of nitro benzene ring substituents is 1. The van der Waals surface area contributed by atoms with Crippen molar-refractivity contribution < 1.29 is 19.6 Å². The molecule has 0 amide bonds. The van der Waals surface area contributed by atoms with Crippen molar-refractivity contribution in [2.45, 2.75) is 0 Å². The zero-order valence-electron chi connectivity index (χ0n) is 7.99. The Hall–Kier alpha value is -2.50. The lowest BCUT2D eigenvalue weighted by atomic mass is 10.2. The van der Waals surface area contributed by atoms with Gasteiger partial charge in [0.15, 0.2) is 0 Å². The Morgan fingerprint density at radius 1 is 1.38 bits per heavy atom. The number of carboxylic acids is 1. The Bertz CT molecular complexity index is 478. The highest BCUT2D eigenvalue weighted by atomic mass is 16.6. The average Bonchev–Trinajstić information content (AvgIpc) is 2.26. The third kappa shape index (κ3) is 3.02. The van der Waals surface area contributed by atoms with E-state index in [1.54, 1.807) is 0 Å². The van der Waals surface area contributed by atoms with Crippen LogP contribution in [0.15, 0.2) is 30.3 Å². The standard InChI is InChI=1S/C10H7NO5/c12-9(10(13)14)5-4-7-2-1-3-8(6-7)11(15)16/h1-6H,(H,13,14). The lowest BCUT2D eigenvalue weighted by molar-refractivity contribution is -0.384. The molecule has 0 aliphatic rings. The fourth-order valence-corrected chi connectivity index (χ4v) is 0.985. The van der Waals surface area contributed by atoms with Crippen LogP contribution in [0, 0.1) is 10.1 Å². The number of carboxylic acid groups (broad SMARTS) is 1. The molecule has 0 aromatic heterocycles. The molecule has 0 saturated heterocycles. The number of nitro groups is 1. The van der Waals surface area contributed by atoms with E-state index in [4.69, 9.17) is 5.11 Å². The molecule has 6 nitrogen and oxygen atoms in total. The molecule has 1 N–H and O–H groups in total. The van der Waals surface area contributed by atoms with E-state index in [1.807, 2.05) is 0 Å². The van der Waals surface area contributed by atoms with E-state index < -0.39 is 16.7 Å². The Kier molecular flexibility index (Phi) is 3.49. The predicted molar refractivity (Wildman–Crippen MR) is 54.8 cm³/mol. The van der Waals surface area contributed by atoms with E-state index in [0.717, 1.165) is 6.08 Å². The van der Waals surface area contributed by atoms with Crippen LogP contribution in [0.2, 0.25) is 0 Å². The van der Waals surface area contributed by atoms with Crippen LogP contribution in [0.1, 0.15) is 5.56 Å². The van der Waals surface area contributed by atoms with Crippen molar-refractivity contribution in [2.75, 3.05) is 0 Å². The van der Waals surface area contributed by atoms with E-state index >= 15 is 0 Å².